The topological polar surface area (TPSA) is 69.4 Å². The minimum atomic E-state index is -3.82. The summed E-state index contributed by atoms with van der Waals surface area (Å²) in [6.45, 7) is 6.71. The Morgan fingerprint density at radius 1 is 1.25 bits per heavy atom. The lowest BCUT2D eigenvalue weighted by atomic mass is 10.2. The lowest BCUT2D eigenvalue weighted by Gasteiger charge is -2.43. The van der Waals surface area contributed by atoms with E-state index in [4.69, 9.17) is 20.9 Å². The Hall–Kier alpha value is -0.270. The summed E-state index contributed by atoms with van der Waals surface area (Å²) in [6, 6.07) is 4.74. The van der Waals surface area contributed by atoms with Gasteiger partial charge in [-0.15, -0.1) is 10.3 Å². The molecule has 1 aromatic rings. The van der Waals surface area contributed by atoms with E-state index in [0.717, 1.165) is 5.56 Å². The van der Waals surface area contributed by atoms with E-state index in [2.05, 4.69) is 33.3 Å². The van der Waals surface area contributed by atoms with Crippen molar-refractivity contribution in [1.29, 1.82) is 0 Å². The van der Waals surface area contributed by atoms with Gasteiger partial charge in [-0.2, -0.15) is 0 Å². The lowest BCUT2D eigenvalue weighted by Crippen LogP contribution is -2.25. The highest BCUT2D eigenvalue weighted by molar-refractivity contribution is 8.29. The average molecular weight is 340 g/mol. The molecule has 2 N–H and O–H groups in total. The molecule has 0 aliphatic carbocycles. The van der Waals surface area contributed by atoms with Crippen LogP contribution < -0.4 is 5.14 Å². The number of sulfonamides is 1. The Morgan fingerprint density at radius 3 is 2.25 bits per heavy atom. The predicted octanol–water partition coefficient (Wildman–Crippen LogP) is 3.28. The fraction of sp³-hybridized carbons (Fsp3) is 0.538. The smallest absolute Gasteiger partial charge is 0.239 e. The monoisotopic (exact) mass is 339 g/mol. The third-order valence-electron chi connectivity index (χ3n) is 3.30. The number of nitrogens with two attached hydrogens (primary N) is 1. The lowest BCUT2D eigenvalue weighted by molar-refractivity contribution is 0.338. The molecule has 7 heteroatoms. The second-order valence-electron chi connectivity index (χ2n) is 5.92. The normalized spacial score (nSPS) is 14.3. The third-order valence-corrected chi connectivity index (χ3v) is 8.35. The first kappa shape index (κ1) is 17.8. The van der Waals surface area contributed by atoms with Crippen LogP contribution in [0.5, 0.6) is 0 Å². The molecule has 0 heterocycles. The quantitative estimate of drug-likeness (QED) is 0.915. The van der Waals surface area contributed by atoms with Gasteiger partial charge >= 0.3 is 0 Å². The van der Waals surface area contributed by atoms with Gasteiger partial charge in [-0.25, -0.2) is 13.6 Å². The van der Waals surface area contributed by atoms with Gasteiger partial charge in [-0.05, 0) is 30.2 Å². The summed E-state index contributed by atoms with van der Waals surface area (Å²) in [5.74, 6) is 0. The van der Waals surface area contributed by atoms with Crippen molar-refractivity contribution in [1.82, 2.24) is 0 Å². The van der Waals surface area contributed by atoms with Crippen LogP contribution in [0.25, 0.3) is 0 Å². The van der Waals surface area contributed by atoms with Crippen molar-refractivity contribution in [2.75, 3.05) is 12.5 Å². The number of rotatable bonds is 4. The molecule has 0 saturated heterocycles. The van der Waals surface area contributed by atoms with Gasteiger partial charge in [0.15, 0.2) is 0 Å². The first-order valence-corrected chi connectivity index (χ1v) is 10.3. The summed E-state index contributed by atoms with van der Waals surface area (Å²) in [4.78, 5) is -0.0659. The van der Waals surface area contributed by atoms with Crippen LogP contribution in [0.4, 0.5) is 0 Å². The van der Waals surface area contributed by atoms with E-state index >= 15 is 0 Å². The molecule has 0 saturated carbocycles. The van der Waals surface area contributed by atoms with Crippen molar-refractivity contribution in [2.24, 2.45) is 5.14 Å². The Labute approximate surface area is 128 Å². The van der Waals surface area contributed by atoms with Crippen LogP contribution in [0.2, 0.25) is 5.02 Å². The molecular weight excluding hydrogens is 318 g/mol. The molecule has 4 nitrogen and oxygen atoms in total. The van der Waals surface area contributed by atoms with Crippen LogP contribution >= 0.6 is 21.9 Å². The maximum atomic E-state index is 11.4. The molecule has 116 valence electrons. The molecule has 0 spiro atoms. The van der Waals surface area contributed by atoms with E-state index in [1.165, 1.54) is 12.1 Å². The molecular formula is C13H22ClNO3S2. The summed E-state index contributed by atoms with van der Waals surface area (Å²) in [5, 5.41) is 5.25. The van der Waals surface area contributed by atoms with Crippen molar-refractivity contribution in [2.45, 2.75) is 37.0 Å². The zero-order chi connectivity index (χ0) is 15.8. The van der Waals surface area contributed by atoms with Crippen LogP contribution in [0, 0.1) is 0 Å². The van der Waals surface area contributed by atoms with Crippen LogP contribution in [0.15, 0.2) is 23.1 Å². The van der Waals surface area contributed by atoms with E-state index in [0.29, 0.717) is 6.61 Å². The third kappa shape index (κ3) is 4.36. The predicted molar refractivity (Wildman–Crippen MR) is 86.8 cm³/mol. The summed E-state index contributed by atoms with van der Waals surface area (Å²) in [7, 11) is -5.09. The van der Waals surface area contributed by atoms with E-state index in [1.807, 2.05) is 0 Å². The molecule has 20 heavy (non-hydrogen) atoms. The zero-order valence-corrected chi connectivity index (χ0v) is 14.8. The minimum absolute atomic E-state index is 0.0438. The molecule has 1 aromatic carbocycles. The molecule has 0 atom stereocenters. The highest BCUT2D eigenvalue weighted by Crippen LogP contribution is 2.54. The summed E-state index contributed by atoms with van der Waals surface area (Å²) in [5.41, 5.74) is 0.739. The molecule has 0 aliphatic rings. The molecule has 0 amide bonds. The first-order chi connectivity index (χ1) is 8.84. The van der Waals surface area contributed by atoms with Crippen LogP contribution in [-0.4, -0.2) is 25.7 Å². The largest absolute Gasteiger partial charge is 0.332 e. The van der Waals surface area contributed by atoms with Crippen LogP contribution in [-0.2, 0) is 20.8 Å². The van der Waals surface area contributed by atoms with Crippen molar-refractivity contribution in [3.63, 3.8) is 0 Å². The number of hydrogen-bond donors (Lipinski definition) is 1. The average Bonchev–Trinajstić information content (AvgIpc) is 2.24. The summed E-state index contributed by atoms with van der Waals surface area (Å²) < 4.78 is 28.9. The Kier molecular flexibility index (Phi) is 5.20. The number of primary sulfonamides is 1. The Bertz CT molecular complexity index is 592. The maximum Gasteiger partial charge on any atom is 0.239 e. The fourth-order valence-corrected chi connectivity index (χ4v) is 3.13. The van der Waals surface area contributed by atoms with Crippen LogP contribution in [0.1, 0.15) is 26.3 Å². The van der Waals surface area contributed by atoms with Crippen molar-refractivity contribution >= 4 is 31.9 Å². The highest BCUT2D eigenvalue weighted by atomic mass is 35.5. The Morgan fingerprint density at radius 2 is 1.80 bits per heavy atom. The van der Waals surface area contributed by atoms with E-state index in [-0.39, 0.29) is 14.7 Å². The Balaban J connectivity index is 2.97. The fourth-order valence-electron chi connectivity index (χ4n) is 1.25. The number of hydrogen-bond acceptors (Lipinski definition) is 3. The maximum absolute atomic E-state index is 11.4. The highest BCUT2D eigenvalue weighted by Gasteiger charge is 2.28. The molecule has 0 bridgehead atoms. The van der Waals surface area contributed by atoms with Gasteiger partial charge in [0.2, 0.25) is 10.0 Å². The second-order valence-corrected chi connectivity index (χ2v) is 11.8. The molecule has 0 fully saturated rings. The van der Waals surface area contributed by atoms with Gasteiger partial charge in [0.05, 0.1) is 11.6 Å². The minimum Gasteiger partial charge on any atom is -0.332 e. The number of benzene rings is 1. The van der Waals surface area contributed by atoms with Gasteiger partial charge in [-0.3, -0.25) is 0 Å². The van der Waals surface area contributed by atoms with E-state index in [9.17, 15) is 8.42 Å². The van der Waals surface area contributed by atoms with Gasteiger partial charge < -0.3 is 4.18 Å². The number of halogens is 1. The van der Waals surface area contributed by atoms with Crippen molar-refractivity contribution in [3.8, 4) is 0 Å². The van der Waals surface area contributed by atoms with Crippen molar-refractivity contribution in [3.05, 3.63) is 28.8 Å². The zero-order valence-electron chi connectivity index (χ0n) is 12.4. The molecule has 0 radical (unpaired) electrons. The second kappa shape index (κ2) is 5.85. The van der Waals surface area contributed by atoms with Gasteiger partial charge in [0.1, 0.15) is 4.90 Å². The summed E-state index contributed by atoms with van der Waals surface area (Å²) >= 11 is 5.85. The van der Waals surface area contributed by atoms with Gasteiger partial charge in [-0.1, -0.05) is 38.4 Å². The van der Waals surface area contributed by atoms with E-state index < -0.39 is 20.3 Å². The molecule has 1 rings (SSSR count). The van der Waals surface area contributed by atoms with Gasteiger partial charge in [0.25, 0.3) is 0 Å². The first-order valence-electron chi connectivity index (χ1n) is 6.03. The van der Waals surface area contributed by atoms with E-state index in [1.54, 1.807) is 6.07 Å². The van der Waals surface area contributed by atoms with Gasteiger partial charge in [0, 0.05) is 4.75 Å². The SMILES string of the molecule is CC(C)(C)S(C)(C)OCc1ccc(Cl)c(S(N)(=O)=O)c1. The summed E-state index contributed by atoms with van der Waals surface area (Å²) in [6.07, 6.45) is 4.17. The molecule has 0 aliphatic heterocycles. The van der Waals surface area contributed by atoms with Crippen molar-refractivity contribution < 1.29 is 12.6 Å². The molecule has 0 aromatic heterocycles. The molecule has 0 unspecified atom stereocenters. The standard InChI is InChI=1S/C13H22ClNO3S2/c1-13(2,3)19(4,5)18-9-10-6-7-11(14)12(8-10)20(15,16)17/h6-8H,9H2,1-5H3,(H2,15,16,17). The van der Waals surface area contributed by atoms with Crippen LogP contribution in [0.3, 0.4) is 0 Å².